The van der Waals surface area contributed by atoms with Crippen LogP contribution >= 0.6 is 23.4 Å². The lowest BCUT2D eigenvalue weighted by atomic mass is 10.4. The molecule has 0 aliphatic carbocycles. The third-order valence-corrected chi connectivity index (χ3v) is 3.59. The zero-order valence-corrected chi connectivity index (χ0v) is 11.2. The van der Waals surface area contributed by atoms with Gasteiger partial charge in [-0.05, 0) is 17.8 Å². The molecule has 0 saturated carbocycles. The average molecular weight is 309 g/mol. The van der Waals surface area contributed by atoms with Crippen LogP contribution in [0, 0.1) is 10.1 Å². The van der Waals surface area contributed by atoms with Crippen LogP contribution in [-0.2, 0) is 0 Å². The molecule has 0 unspecified atom stereocenters. The minimum atomic E-state index is -0.517. The van der Waals surface area contributed by atoms with Gasteiger partial charge in [-0.2, -0.15) is 0 Å². The second kappa shape index (κ2) is 5.02. The summed E-state index contributed by atoms with van der Waals surface area (Å²) in [6.07, 6.45) is 2.81. The van der Waals surface area contributed by atoms with Gasteiger partial charge in [0.15, 0.2) is 10.7 Å². The lowest BCUT2D eigenvalue weighted by molar-refractivity contribution is -0.388. The van der Waals surface area contributed by atoms with E-state index in [-0.39, 0.29) is 15.9 Å². The molecular weight excluding hydrogens is 304 g/mol. The summed E-state index contributed by atoms with van der Waals surface area (Å²) in [5.74, 6) is 0. The van der Waals surface area contributed by atoms with Crippen molar-refractivity contribution in [2.75, 3.05) is 0 Å². The van der Waals surface area contributed by atoms with E-state index in [9.17, 15) is 10.1 Å². The van der Waals surface area contributed by atoms with E-state index in [4.69, 9.17) is 11.6 Å². The van der Waals surface area contributed by atoms with Crippen molar-refractivity contribution in [3.8, 4) is 0 Å². The van der Waals surface area contributed by atoms with Gasteiger partial charge in [0.05, 0.1) is 11.3 Å². The molecule has 100 valence electrons. The van der Waals surface area contributed by atoms with Crippen molar-refractivity contribution in [2.24, 2.45) is 0 Å². The van der Waals surface area contributed by atoms with Crippen molar-refractivity contribution in [1.29, 1.82) is 0 Å². The molecule has 0 radical (unpaired) electrons. The van der Waals surface area contributed by atoms with E-state index in [0.717, 1.165) is 11.8 Å². The lowest BCUT2D eigenvalue weighted by Gasteiger charge is -2.02. The number of fused-ring (bicyclic) bond motifs is 1. The molecule has 10 heteroatoms. The number of aromatic amines is 1. The van der Waals surface area contributed by atoms with E-state index < -0.39 is 4.92 Å². The van der Waals surface area contributed by atoms with Crippen molar-refractivity contribution >= 4 is 40.2 Å². The first-order chi connectivity index (χ1) is 9.65. The Morgan fingerprint density at radius 3 is 2.90 bits per heavy atom. The van der Waals surface area contributed by atoms with Crippen LogP contribution in [-0.4, -0.2) is 29.8 Å². The highest BCUT2D eigenvalue weighted by Crippen LogP contribution is 2.35. The van der Waals surface area contributed by atoms with Gasteiger partial charge in [0, 0.05) is 6.07 Å². The van der Waals surface area contributed by atoms with Crippen LogP contribution in [0.3, 0.4) is 0 Å². The van der Waals surface area contributed by atoms with Crippen molar-refractivity contribution in [1.82, 2.24) is 24.9 Å². The second-order valence-corrected chi connectivity index (χ2v) is 4.96. The van der Waals surface area contributed by atoms with Crippen LogP contribution in [0.4, 0.5) is 5.69 Å². The fourth-order valence-electron chi connectivity index (χ4n) is 1.54. The number of hydrogen-bond acceptors (Lipinski definition) is 7. The Hall–Kier alpha value is -2.26. The zero-order valence-electron chi connectivity index (χ0n) is 9.65. The molecule has 0 bridgehead atoms. The number of aromatic nitrogens is 5. The van der Waals surface area contributed by atoms with Gasteiger partial charge >= 0.3 is 5.69 Å². The second-order valence-electron chi connectivity index (χ2n) is 3.60. The highest BCUT2D eigenvalue weighted by Gasteiger charge is 2.19. The van der Waals surface area contributed by atoms with Gasteiger partial charge in [0.25, 0.3) is 0 Å². The molecule has 3 rings (SSSR count). The quantitative estimate of drug-likeness (QED) is 0.342. The molecule has 0 aliphatic heterocycles. The fourth-order valence-corrected chi connectivity index (χ4v) is 2.66. The largest absolute Gasteiger partial charge is 0.341 e. The van der Waals surface area contributed by atoms with Crippen LogP contribution in [0.15, 0.2) is 34.8 Å². The Labute approximate surface area is 120 Å². The third-order valence-electron chi connectivity index (χ3n) is 2.38. The van der Waals surface area contributed by atoms with Crippen LogP contribution < -0.4 is 0 Å². The lowest BCUT2D eigenvalue weighted by Crippen LogP contribution is -1.94. The summed E-state index contributed by atoms with van der Waals surface area (Å²) in [5, 5.41) is 11.8. The smallest absolute Gasteiger partial charge is 0.301 e. The Balaban J connectivity index is 2.09. The maximum atomic E-state index is 11.0. The van der Waals surface area contributed by atoms with Crippen LogP contribution in [0.5, 0.6) is 0 Å². The minimum Gasteiger partial charge on any atom is -0.341 e. The highest BCUT2D eigenvalue weighted by molar-refractivity contribution is 7.99. The average Bonchev–Trinajstić information content (AvgIpc) is 2.88. The molecule has 8 nitrogen and oxygen atoms in total. The monoisotopic (exact) mass is 308 g/mol. The summed E-state index contributed by atoms with van der Waals surface area (Å²) in [7, 11) is 0. The number of hydrogen-bond donors (Lipinski definition) is 1. The molecule has 0 saturated heterocycles. The molecule has 0 aliphatic rings. The molecule has 1 N–H and O–H groups in total. The predicted octanol–water partition coefficient (Wildman–Crippen LogP) is 2.46. The summed E-state index contributed by atoms with van der Waals surface area (Å²) in [6, 6.07) is 2.68. The van der Waals surface area contributed by atoms with E-state index in [0.29, 0.717) is 16.2 Å². The van der Waals surface area contributed by atoms with Crippen LogP contribution in [0.2, 0.25) is 5.15 Å². The number of nitrogens with one attached hydrogen (secondary N) is 1. The third kappa shape index (κ3) is 2.28. The van der Waals surface area contributed by atoms with Crippen LogP contribution in [0.25, 0.3) is 11.2 Å². The molecule has 20 heavy (non-hydrogen) atoms. The van der Waals surface area contributed by atoms with Gasteiger partial charge in [-0.15, -0.1) is 0 Å². The maximum absolute atomic E-state index is 11.0. The first-order valence-corrected chi connectivity index (χ1v) is 6.47. The number of halogens is 1. The van der Waals surface area contributed by atoms with E-state index in [2.05, 4.69) is 24.9 Å². The SMILES string of the molecule is O=[N+]([O-])c1ccc(Cl)nc1Sc1ncnc2nc[nH]c12. The number of H-pyrrole nitrogens is 1. The van der Waals surface area contributed by atoms with E-state index in [1.165, 1.54) is 24.8 Å². The summed E-state index contributed by atoms with van der Waals surface area (Å²) in [5.41, 5.74) is 0.937. The van der Waals surface area contributed by atoms with Crippen molar-refractivity contribution in [2.45, 2.75) is 10.1 Å². The van der Waals surface area contributed by atoms with Crippen molar-refractivity contribution in [3.63, 3.8) is 0 Å². The first-order valence-electron chi connectivity index (χ1n) is 5.28. The number of pyridine rings is 1. The Morgan fingerprint density at radius 1 is 1.25 bits per heavy atom. The number of nitrogens with zero attached hydrogens (tertiary/aromatic N) is 5. The van der Waals surface area contributed by atoms with E-state index in [1.54, 1.807) is 0 Å². The minimum absolute atomic E-state index is 0.134. The number of nitro groups is 1. The molecule has 0 amide bonds. The van der Waals surface area contributed by atoms with Gasteiger partial charge in [-0.3, -0.25) is 10.1 Å². The van der Waals surface area contributed by atoms with E-state index in [1.807, 2.05) is 0 Å². The summed E-state index contributed by atoms with van der Waals surface area (Å²) in [4.78, 5) is 29.4. The molecule has 0 spiro atoms. The Morgan fingerprint density at radius 2 is 2.10 bits per heavy atom. The molecule has 0 aromatic carbocycles. The molecule has 3 heterocycles. The molecule has 0 atom stereocenters. The fraction of sp³-hybridized carbons (Fsp3) is 0. The maximum Gasteiger partial charge on any atom is 0.301 e. The molecule has 3 aromatic heterocycles. The number of imidazole rings is 1. The van der Waals surface area contributed by atoms with Gasteiger partial charge < -0.3 is 4.98 Å². The number of rotatable bonds is 3. The zero-order chi connectivity index (χ0) is 14.1. The molecule has 0 fully saturated rings. The Bertz CT molecular complexity index is 807. The van der Waals surface area contributed by atoms with Gasteiger partial charge in [-0.1, -0.05) is 11.6 Å². The summed E-state index contributed by atoms with van der Waals surface area (Å²) in [6.45, 7) is 0. The molecule has 3 aromatic rings. The van der Waals surface area contributed by atoms with Crippen molar-refractivity contribution < 1.29 is 4.92 Å². The Kier molecular flexibility index (Phi) is 3.20. The van der Waals surface area contributed by atoms with Gasteiger partial charge in [0.2, 0.25) is 0 Å². The van der Waals surface area contributed by atoms with Crippen molar-refractivity contribution in [3.05, 3.63) is 40.1 Å². The standard InChI is InChI=1S/C10H5ClN6O2S/c11-6-2-1-5(17(18)19)9(16-6)20-10-7-8(13-3-12-7)14-4-15-10/h1-4H,(H,12,13,14,15). The van der Waals surface area contributed by atoms with E-state index >= 15 is 0 Å². The predicted molar refractivity (Wildman–Crippen MR) is 71.7 cm³/mol. The topological polar surface area (TPSA) is 110 Å². The van der Waals surface area contributed by atoms with Gasteiger partial charge in [-0.25, -0.2) is 19.9 Å². The summed E-state index contributed by atoms with van der Waals surface area (Å²) < 4.78 is 0. The normalized spacial score (nSPS) is 10.8. The highest BCUT2D eigenvalue weighted by atomic mass is 35.5. The summed E-state index contributed by atoms with van der Waals surface area (Å²) >= 11 is 6.82. The van der Waals surface area contributed by atoms with Gasteiger partial charge in [0.1, 0.15) is 22.0 Å². The molecular formula is C10H5ClN6O2S. The van der Waals surface area contributed by atoms with Crippen LogP contribution in [0.1, 0.15) is 0 Å². The first kappa shape index (κ1) is 12.8.